The molecule has 0 unspecified atom stereocenters. The number of carbonyl (C=O) groups excluding carboxylic acids is 1. The molecule has 12 heavy (non-hydrogen) atoms. The van der Waals surface area contributed by atoms with E-state index in [4.69, 9.17) is 0 Å². The van der Waals surface area contributed by atoms with E-state index in [0.717, 1.165) is 25.7 Å². The molecule has 0 amide bonds. The lowest BCUT2D eigenvalue weighted by Crippen LogP contribution is -2.32. The Morgan fingerprint density at radius 3 is 2.17 bits per heavy atom. The molecule has 0 heterocycles. The Hall–Kier alpha value is -0.330. The maximum Gasteiger partial charge on any atom is 0.138 e. The quantitative estimate of drug-likeness (QED) is 0.631. The Labute approximate surface area is 75.5 Å². The fraction of sp³-hybridized carbons (Fsp3) is 0.909. The fourth-order valence-electron chi connectivity index (χ4n) is 2.43. The molecule has 1 heteroatoms. The molecule has 1 nitrogen and oxygen atoms in total. The van der Waals surface area contributed by atoms with Crippen molar-refractivity contribution >= 4 is 5.78 Å². The molecule has 0 saturated heterocycles. The second-order valence-electron chi connectivity index (χ2n) is 3.97. The molecule has 0 aromatic rings. The van der Waals surface area contributed by atoms with Gasteiger partial charge in [-0.1, -0.05) is 33.1 Å². The van der Waals surface area contributed by atoms with Crippen LogP contribution in [-0.2, 0) is 4.79 Å². The van der Waals surface area contributed by atoms with Gasteiger partial charge < -0.3 is 0 Å². The summed E-state index contributed by atoms with van der Waals surface area (Å²) in [5.41, 5.74) is 0.0903. The van der Waals surface area contributed by atoms with Crippen LogP contribution in [0.5, 0.6) is 0 Å². The molecule has 0 aromatic heterocycles. The van der Waals surface area contributed by atoms with Crippen LogP contribution in [0.2, 0.25) is 0 Å². The number of Topliss-reactive ketones (excluding diaryl/α,β-unsaturated/α-hetero) is 1. The summed E-state index contributed by atoms with van der Waals surface area (Å²) in [5, 5.41) is 0. The van der Waals surface area contributed by atoms with Crippen molar-refractivity contribution in [3.05, 3.63) is 0 Å². The molecule has 1 aliphatic carbocycles. The van der Waals surface area contributed by atoms with E-state index >= 15 is 0 Å². The van der Waals surface area contributed by atoms with Crippen LogP contribution in [0, 0.1) is 5.41 Å². The van der Waals surface area contributed by atoms with Crippen molar-refractivity contribution in [2.45, 2.75) is 58.8 Å². The van der Waals surface area contributed by atoms with E-state index in [1.165, 1.54) is 19.3 Å². The van der Waals surface area contributed by atoms with Crippen molar-refractivity contribution < 1.29 is 4.79 Å². The summed E-state index contributed by atoms with van der Waals surface area (Å²) in [4.78, 5) is 11.7. The molecule has 1 rings (SSSR count). The van der Waals surface area contributed by atoms with Gasteiger partial charge in [-0.3, -0.25) is 4.79 Å². The molecule has 1 fully saturated rings. The number of hydrogen-bond donors (Lipinski definition) is 0. The Kier molecular flexibility index (Phi) is 3.30. The average molecular weight is 168 g/mol. The van der Waals surface area contributed by atoms with E-state index in [0.29, 0.717) is 5.78 Å². The summed E-state index contributed by atoms with van der Waals surface area (Å²) in [6.07, 6.45) is 7.94. The van der Waals surface area contributed by atoms with Crippen LogP contribution in [0.3, 0.4) is 0 Å². The number of rotatable bonds is 3. The molecule has 0 atom stereocenters. The third-order valence-electron chi connectivity index (χ3n) is 3.40. The second kappa shape index (κ2) is 4.06. The summed E-state index contributed by atoms with van der Waals surface area (Å²) in [5.74, 6) is 0.504. The Morgan fingerprint density at radius 2 is 1.75 bits per heavy atom. The highest BCUT2D eigenvalue weighted by molar-refractivity contribution is 5.84. The van der Waals surface area contributed by atoms with Gasteiger partial charge in [-0.25, -0.2) is 0 Å². The normalized spacial score (nSPS) is 22.2. The zero-order valence-electron chi connectivity index (χ0n) is 8.36. The highest BCUT2D eigenvalue weighted by Crippen LogP contribution is 2.40. The van der Waals surface area contributed by atoms with Gasteiger partial charge in [-0.15, -0.1) is 0 Å². The molecule has 0 spiro atoms. The molecule has 0 radical (unpaired) electrons. The van der Waals surface area contributed by atoms with Crippen LogP contribution >= 0.6 is 0 Å². The first kappa shape index (κ1) is 9.76. The lowest BCUT2D eigenvalue weighted by molar-refractivity contribution is -0.130. The summed E-state index contributed by atoms with van der Waals surface area (Å²) >= 11 is 0. The zero-order chi connectivity index (χ0) is 9.03. The second-order valence-corrected chi connectivity index (χ2v) is 3.97. The first-order valence-corrected chi connectivity index (χ1v) is 5.28. The SMILES string of the molecule is CCC(=O)C1(CC)CCCCC1. The lowest BCUT2D eigenvalue weighted by Gasteiger charge is -2.34. The van der Waals surface area contributed by atoms with Crippen LogP contribution in [-0.4, -0.2) is 5.78 Å². The van der Waals surface area contributed by atoms with Crippen LogP contribution in [0.25, 0.3) is 0 Å². The zero-order valence-corrected chi connectivity index (χ0v) is 8.36. The maximum absolute atomic E-state index is 11.7. The minimum Gasteiger partial charge on any atom is -0.299 e. The van der Waals surface area contributed by atoms with Gasteiger partial charge in [0.15, 0.2) is 0 Å². The molecule has 0 bridgehead atoms. The highest BCUT2D eigenvalue weighted by atomic mass is 16.1. The smallest absolute Gasteiger partial charge is 0.138 e. The Morgan fingerprint density at radius 1 is 1.17 bits per heavy atom. The number of carbonyl (C=O) groups is 1. The molecule has 70 valence electrons. The van der Waals surface area contributed by atoms with Crippen molar-refractivity contribution in [3.8, 4) is 0 Å². The molecule has 1 saturated carbocycles. The minimum absolute atomic E-state index is 0.0903. The van der Waals surface area contributed by atoms with Gasteiger partial charge in [0.25, 0.3) is 0 Å². The van der Waals surface area contributed by atoms with Gasteiger partial charge in [0, 0.05) is 11.8 Å². The predicted molar refractivity (Wildman–Crippen MR) is 51.1 cm³/mol. The number of hydrogen-bond acceptors (Lipinski definition) is 1. The van der Waals surface area contributed by atoms with Crippen molar-refractivity contribution in [2.75, 3.05) is 0 Å². The van der Waals surface area contributed by atoms with E-state index in [1.807, 2.05) is 6.92 Å². The first-order chi connectivity index (χ1) is 5.75. The van der Waals surface area contributed by atoms with Gasteiger partial charge >= 0.3 is 0 Å². The predicted octanol–water partition coefficient (Wildman–Crippen LogP) is 3.33. The monoisotopic (exact) mass is 168 g/mol. The van der Waals surface area contributed by atoms with Gasteiger partial charge in [0.05, 0.1) is 0 Å². The summed E-state index contributed by atoms with van der Waals surface area (Å²) < 4.78 is 0. The van der Waals surface area contributed by atoms with Gasteiger partial charge in [0.2, 0.25) is 0 Å². The average Bonchev–Trinajstić information content (AvgIpc) is 2.17. The molecular weight excluding hydrogens is 148 g/mol. The van der Waals surface area contributed by atoms with Crippen LogP contribution in [0.1, 0.15) is 58.8 Å². The van der Waals surface area contributed by atoms with Crippen molar-refractivity contribution in [1.82, 2.24) is 0 Å². The van der Waals surface area contributed by atoms with Crippen molar-refractivity contribution in [3.63, 3.8) is 0 Å². The minimum atomic E-state index is 0.0903. The molecule has 1 aliphatic rings. The molecule has 0 aromatic carbocycles. The van der Waals surface area contributed by atoms with E-state index < -0.39 is 0 Å². The fourth-order valence-corrected chi connectivity index (χ4v) is 2.43. The van der Waals surface area contributed by atoms with E-state index in [9.17, 15) is 4.79 Å². The largest absolute Gasteiger partial charge is 0.299 e. The van der Waals surface area contributed by atoms with E-state index in [2.05, 4.69) is 6.92 Å². The molecular formula is C11H20O. The lowest BCUT2D eigenvalue weighted by atomic mass is 9.69. The van der Waals surface area contributed by atoms with Crippen molar-refractivity contribution in [1.29, 1.82) is 0 Å². The third kappa shape index (κ3) is 1.70. The summed E-state index contributed by atoms with van der Waals surface area (Å²) in [7, 11) is 0. The van der Waals surface area contributed by atoms with Crippen LogP contribution < -0.4 is 0 Å². The first-order valence-electron chi connectivity index (χ1n) is 5.28. The van der Waals surface area contributed by atoms with Gasteiger partial charge in [0.1, 0.15) is 5.78 Å². The number of ketones is 1. The molecule has 0 aliphatic heterocycles. The van der Waals surface area contributed by atoms with Gasteiger partial charge in [-0.05, 0) is 19.3 Å². The van der Waals surface area contributed by atoms with E-state index in [-0.39, 0.29) is 5.41 Å². The summed E-state index contributed by atoms with van der Waals surface area (Å²) in [6.45, 7) is 4.16. The standard InChI is InChI=1S/C11H20O/c1-3-10(12)11(4-2)8-6-5-7-9-11/h3-9H2,1-2H3. The van der Waals surface area contributed by atoms with Crippen LogP contribution in [0.15, 0.2) is 0 Å². The Balaban J connectivity index is 2.66. The maximum atomic E-state index is 11.7. The highest BCUT2D eigenvalue weighted by Gasteiger charge is 2.35. The van der Waals surface area contributed by atoms with Crippen molar-refractivity contribution in [2.24, 2.45) is 5.41 Å². The topological polar surface area (TPSA) is 17.1 Å². The van der Waals surface area contributed by atoms with E-state index in [1.54, 1.807) is 0 Å². The van der Waals surface area contributed by atoms with Gasteiger partial charge in [-0.2, -0.15) is 0 Å². The van der Waals surface area contributed by atoms with Crippen LogP contribution in [0.4, 0.5) is 0 Å². The molecule has 0 N–H and O–H groups in total. The third-order valence-corrected chi connectivity index (χ3v) is 3.40. The summed E-state index contributed by atoms with van der Waals surface area (Å²) in [6, 6.07) is 0. The Bertz CT molecular complexity index is 154.